The van der Waals surface area contributed by atoms with Crippen molar-refractivity contribution >= 4 is 22.9 Å². The molecule has 0 radical (unpaired) electrons. The van der Waals surface area contributed by atoms with Crippen LogP contribution < -0.4 is 10.1 Å². The van der Waals surface area contributed by atoms with Gasteiger partial charge in [0.2, 0.25) is 0 Å². The Morgan fingerprint density at radius 2 is 1.70 bits per heavy atom. The average Bonchev–Trinajstić information content (AvgIpc) is 3.14. The Morgan fingerprint density at radius 1 is 0.933 bits per heavy atom. The van der Waals surface area contributed by atoms with Gasteiger partial charge in [0, 0.05) is 23.0 Å². The molecule has 4 rings (SSSR count). The van der Waals surface area contributed by atoms with Crippen molar-refractivity contribution in [2.45, 2.75) is 13.8 Å². The number of hydrogen-bond acceptors (Lipinski definition) is 3. The summed E-state index contributed by atoms with van der Waals surface area (Å²) >= 11 is 0. The molecule has 0 bridgehead atoms. The summed E-state index contributed by atoms with van der Waals surface area (Å²) in [5.41, 5.74) is 5.34. The number of rotatable bonds is 5. The van der Waals surface area contributed by atoms with Crippen molar-refractivity contribution < 1.29 is 14.3 Å². The number of ketones is 1. The smallest absolute Gasteiger partial charge is 0.298 e. The van der Waals surface area contributed by atoms with Crippen LogP contribution in [-0.4, -0.2) is 23.2 Å². The van der Waals surface area contributed by atoms with Crippen LogP contribution in [0.15, 0.2) is 72.9 Å². The van der Waals surface area contributed by atoms with Crippen molar-refractivity contribution in [1.29, 1.82) is 0 Å². The molecule has 1 amide bonds. The highest BCUT2D eigenvalue weighted by atomic mass is 16.5. The number of carbonyl (C=O) groups is 2. The summed E-state index contributed by atoms with van der Waals surface area (Å²) in [5, 5.41) is 2.77. The number of amides is 1. The van der Waals surface area contributed by atoms with Crippen molar-refractivity contribution in [3.05, 3.63) is 89.7 Å². The zero-order valence-electron chi connectivity index (χ0n) is 17.1. The summed E-state index contributed by atoms with van der Waals surface area (Å²) < 4.78 is 6.98. The van der Waals surface area contributed by atoms with E-state index in [4.69, 9.17) is 4.74 Å². The third-order valence-electron chi connectivity index (χ3n) is 5.13. The van der Waals surface area contributed by atoms with Gasteiger partial charge in [-0.05, 0) is 61.4 Å². The predicted octanol–water partition coefficient (Wildman–Crippen LogP) is 5.05. The van der Waals surface area contributed by atoms with Gasteiger partial charge < -0.3 is 14.5 Å². The van der Waals surface area contributed by atoms with Crippen LogP contribution >= 0.6 is 0 Å². The third kappa shape index (κ3) is 3.57. The molecule has 0 unspecified atom stereocenters. The van der Waals surface area contributed by atoms with E-state index in [0.717, 1.165) is 28.0 Å². The first-order valence-electron chi connectivity index (χ1n) is 9.65. The Balaban J connectivity index is 1.76. The first kappa shape index (κ1) is 19.5. The number of fused-ring (bicyclic) bond motifs is 1. The fourth-order valence-electron chi connectivity index (χ4n) is 3.59. The number of aromatic nitrogens is 1. The first-order valence-corrected chi connectivity index (χ1v) is 9.65. The number of ether oxygens (including phenoxy) is 1. The van der Waals surface area contributed by atoms with E-state index in [0.29, 0.717) is 16.9 Å². The summed E-state index contributed by atoms with van der Waals surface area (Å²) in [4.78, 5) is 26.1. The summed E-state index contributed by atoms with van der Waals surface area (Å²) in [6.07, 6.45) is 1.79. The van der Waals surface area contributed by atoms with E-state index in [2.05, 4.69) is 5.32 Å². The molecule has 0 aliphatic rings. The van der Waals surface area contributed by atoms with Crippen LogP contribution in [0.2, 0.25) is 0 Å². The molecular formula is C25H22N2O3. The second-order valence-electron chi connectivity index (χ2n) is 7.23. The topological polar surface area (TPSA) is 59.8 Å². The van der Waals surface area contributed by atoms with E-state index >= 15 is 0 Å². The van der Waals surface area contributed by atoms with Gasteiger partial charge in [-0.3, -0.25) is 9.59 Å². The highest BCUT2D eigenvalue weighted by Crippen LogP contribution is 2.30. The van der Waals surface area contributed by atoms with E-state index in [1.54, 1.807) is 17.7 Å². The maximum Gasteiger partial charge on any atom is 0.298 e. The molecule has 2 aromatic carbocycles. The van der Waals surface area contributed by atoms with E-state index < -0.39 is 11.7 Å². The highest BCUT2D eigenvalue weighted by Gasteiger charge is 2.25. The van der Waals surface area contributed by atoms with E-state index in [1.165, 1.54) is 0 Å². The number of aryl methyl sites for hydroxylation is 2. The van der Waals surface area contributed by atoms with Crippen LogP contribution in [0.1, 0.15) is 21.6 Å². The molecular weight excluding hydrogens is 376 g/mol. The molecule has 4 aromatic rings. The molecule has 5 heteroatoms. The van der Waals surface area contributed by atoms with Crippen molar-refractivity contribution in [2.24, 2.45) is 0 Å². The Labute approximate surface area is 174 Å². The molecule has 0 fully saturated rings. The Kier molecular flexibility index (Phi) is 5.11. The molecule has 0 atom stereocenters. The zero-order valence-corrected chi connectivity index (χ0v) is 17.1. The van der Waals surface area contributed by atoms with Gasteiger partial charge in [-0.15, -0.1) is 0 Å². The summed E-state index contributed by atoms with van der Waals surface area (Å²) in [6.45, 7) is 3.89. The number of Topliss-reactive ketones (excluding diaryl/α,β-unsaturated/α-hetero) is 1. The number of hydrogen-bond donors (Lipinski definition) is 1. The van der Waals surface area contributed by atoms with Crippen LogP contribution in [0.3, 0.4) is 0 Å². The van der Waals surface area contributed by atoms with Gasteiger partial charge in [-0.25, -0.2) is 0 Å². The second kappa shape index (κ2) is 7.87. The minimum atomic E-state index is -0.666. The largest absolute Gasteiger partial charge is 0.497 e. The van der Waals surface area contributed by atoms with Gasteiger partial charge in [0.05, 0.1) is 7.11 Å². The van der Waals surface area contributed by atoms with Crippen molar-refractivity contribution in [3.8, 4) is 16.9 Å². The molecule has 0 saturated carbocycles. The van der Waals surface area contributed by atoms with E-state index in [1.807, 2.05) is 80.6 Å². The van der Waals surface area contributed by atoms with Crippen molar-refractivity contribution in [2.75, 3.05) is 12.4 Å². The summed E-state index contributed by atoms with van der Waals surface area (Å²) in [5.74, 6) is -0.532. The van der Waals surface area contributed by atoms with Crippen molar-refractivity contribution in [3.63, 3.8) is 0 Å². The average molecular weight is 398 g/mol. The fraction of sp³-hybridized carbons (Fsp3) is 0.120. The number of nitrogens with one attached hydrogen (secondary N) is 1. The van der Waals surface area contributed by atoms with Crippen LogP contribution in [-0.2, 0) is 4.79 Å². The van der Waals surface area contributed by atoms with Crippen LogP contribution in [0.4, 0.5) is 5.69 Å². The van der Waals surface area contributed by atoms with E-state index in [9.17, 15) is 9.59 Å². The Hall–Kier alpha value is -3.86. The lowest BCUT2D eigenvalue weighted by Gasteiger charge is -2.10. The van der Waals surface area contributed by atoms with Crippen LogP contribution in [0.5, 0.6) is 5.75 Å². The van der Waals surface area contributed by atoms with Gasteiger partial charge >= 0.3 is 0 Å². The van der Waals surface area contributed by atoms with Gasteiger partial charge in [0.1, 0.15) is 11.4 Å². The SMILES string of the molecule is COc1ccc(-c2cc3ccccn3c2C(=O)C(=O)Nc2ccc(C)cc2C)cc1. The first-order chi connectivity index (χ1) is 14.5. The molecule has 2 heterocycles. The lowest BCUT2D eigenvalue weighted by atomic mass is 10.0. The van der Waals surface area contributed by atoms with Gasteiger partial charge in [-0.1, -0.05) is 35.9 Å². The standard InChI is InChI=1S/C25H22N2O3/c1-16-7-12-22(17(2)14-16)26-25(29)24(28)23-21(15-19-6-4-5-13-27(19)23)18-8-10-20(30-3)11-9-18/h4-15H,1-3H3,(H,26,29). The van der Waals surface area contributed by atoms with Gasteiger partial charge in [-0.2, -0.15) is 0 Å². The number of benzene rings is 2. The van der Waals surface area contributed by atoms with Crippen LogP contribution in [0.25, 0.3) is 16.6 Å². The predicted molar refractivity (Wildman–Crippen MR) is 118 cm³/mol. The van der Waals surface area contributed by atoms with Crippen molar-refractivity contribution in [1.82, 2.24) is 4.40 Å². The minimum absolute atomic E-state index is 0.332. The number of nitrogens with zero attached hydrogens (tertiary/aromatic N) is 1. The molecule has 0 aliphatic carbocycles. The highest BCUT2D eigenvalue weighted by molar-refractivity contribution is 6.47. The zero-order chi connectivity index (χ0) is 21.3. The lowest BCUT2D eigenvalue weighted by molar-refractivity contribution is -0.112. The number of pyridine rings is 1. The molecule has 0 saturated heterocycles. The number of anilines is 1. The number of methoxy groups -OCH3 is 1. The maximum absolute atomic E-state index is 13.3. The molecule has 1 N–H and O–H groups in total. The van der Waals surface area contributed by atoms with Gasteiger partial charge in [0.15, 0.2) is 0 Å². The normalized spacial score (nSPS) is 10.8. The molecule has 150 valence electrons. The fourth-order valence-corrected chi connectivity index (χ4v) is 3.59. The molecule has 5 nitrogen and oxygen atoms in total. The second-order valence-corrected chi connectivity index (χ2v) is 7.23. The quantitative estimate of drug-likeness (QED) is 0.378. The van der Waals surface area contributed by atoms with Crippen LogP contribution in [0, 0.1) is 13.8 Å². The lowest BCUT2D eigenvalue weighted by Crippen LogP contribution is -2.25. The van der Waals surface area contributed by atoms with E-state index in [-0.39, 0.29) is 0 Å². The monoisotopic (exact) mass is 398 g/mol. The Bertz CT molecular complexity index is 1250. The Morgan fingerprint density at radius 3 is 2.40 bits per heavy atom. The molecule has 30 heavy (non-hydrogen) atoms. The summed E-state index contributed by atoms with van der Waals surface area (Å²) in [7, 11) is 1.61. The minimum Gasteiger partial charge on any atom is -0.497 e. The number of carbonyl (C=O) groups excluding carboxylic acids is 2. The summed E-state index contributed by atoms with van der Waals surface area (Å²) in [6, 6.07) is 20.7. The molecule has 2 aromatic heterocycles. The maximum atomic E-state index is 13.3. The molecule has 0 aliphatic heterocycles. The third-order valence-corrected chi connectivity index (χ3v) is 5.13. The van der Waals surface area contributed by atoms with Gasteiger partial charge in [0.25, 0.3) is 11.7 Å². The molecule has 0 spiro atoms.